The third kappa shape index (κ3) is 4.14. The first-order chi connectivity index (χ1) is 14.0. The highest BCUT2D eigenvalue weighted by atomic mass is 16.2. The minimum atomic E-state index is 0.137. The number of rotatable bonds is 3. The molecule has 1 aromatic heterocycles. The van der Waals surface area contributed by atoms with Gasteiger partial charge in [-0.15, -0.1) is 0 Å². The average molecular weight is 394 g/mol. The molecule has 1 aromatic carbocycles. The summed E-state index contributed by atoms with van der Waals surface area (Å²) in [7, 11) is 0. The molecule has 2 aliphatic rings. The van der Waals surface area contributed by atoms with Gasteiger partial charge in [0, 0.05) is 43.2 Å². The van der Waals surface area contributed by atoms with Crippen LogP contribution in [0.5, 0.6) is 0 Å². The number of hydrogen-bond acceptors (Lipinski definition) is 3. The Kier molecular flexibility index (Phi) is 5.84. The van der Waals surface area contributed by atoms with Crippen LogP contribution in [0.3, 0.4) is 0 Å². The lowest BCUT2D eigenvalue weighted by Gasteiger charge is -2.37. The van der Waals surface area contributed by atoms with Crippen LogP contribution in [-0.4, -0.2) is 52.8 Å². The lowest BCUT2D eigenvalue weighted by atomic mass is 9.88. The minimum Gasteiger partial charge on any atom is -0.339 e. The van der Waals surface area contributed by atoms with Crippen LogP contribution < -0.4 is 0 Å². The summed E-state index contributed by atoms with van der Waals surface area (Å²) in [5, 5.41) is 1.11. The minimum absolute atomic E-state index is 0.137. The molecule has 0 spiro atoms. The van der Waals surface area contributed by atoms with Gasteiger partial charge in [-0.1, -0.05) is 37.5 Å². The molecule has 2 amide bonds. The van der Waals surface area contributed by atoms with E-state index in [-0.39, 0.29) is 11.8 Å². The van der Waals surface area contributed by atoms with Crippen molar-refractivity contribution >= 4 is 22.7 Å². The molecule has 2 fully saturated rings. The second kappa shape index (κ2) is 8.52. The standard InChI is InChI=1S/C24H31N3O2/c1-17-20-10-6-7-11-22(20)25-18(2)21(17)16-23(28)26-12-14-27(15-13-26)24(29)19-8-4-3-5-9-19/h6-7,10-11,19H,3-5,8-9,12-16H2,1-2H3. The topological polar surface area (TPSA) is 53.5 Å². The van der Waals surface area contributed by atoms with E-state index in [4.69, 9.17) is 4.98 Å². The summed E-state index contributed by atoms with van der Waals surface area (Å²) >= 11 is 0. The van der Waals surface area contributed by atoms with Crippen LogP contribution in [0.15, 0.2) is 24.3 Å². The van der Waals surface area contributed by atoms with Gasteiger partial charge in [-0.25, -0.2) is 0 Å². The fourth-order valence-electron chi connectivity index (χ4n) is 4.88. The van der Waals surface area contributed by atoms with Gasteiger partial charge in [0.1, 0.15) is 0 Å². The van der Waals surface area contributed by atoms with Crippen molar-refractivity contribution in [2.45, 2.75) is 52.4 Å². The van der Waals surface area contributed by atoms with E-state index >= 15 is 0 Å². The van der Waals surface area contributed by atoms with Crippen LogP contribution in [0.4, 0.5) is 0 Å². The Labute approximate surface area is 173 Å². The number of aromatic nitrogens is 1. The van der Waals surface area contributed by atoms with Crippen LogP contribution in [-0.2, 0) is 16.0 Å². The van der Waals surface area contributed by atoms with Gasteiger partial charge >= 0.3 is 0 Å². The fourth-order valence-corrected chi connectivity index (χ4v) is 4.88. The predicted octanol–water partition coefficient (Wildman–Crippen LogP) is 3.65. The smallest absolute Gasteiger partial charge is 0.227 e. The second-order valence-electron chi connectivity index (χ2n) is 8.54. The number of carbonyl (C=O) groups is 2. The van der Waals surface area contributed by atoms with Crippen LogP contribution in [0.1, 0.15) is 48.9 Å². The monoisotopic (exact) mass is 393 g/mol. The van der Waals surface area contributed by atoms with Gasteiger partial charge in [0.25, 0.3) is 0 Å². The number of fused-ring (bicyclic) bond motifs is 1. The van der Waals surface area contributed by atoms with Gasteiger partial charge in [-0.2, -0.15) is 0 Å². The van der Waals surface area contributed by atoms with Crippen LogP contribution >= 0.6 is 0 Å². The van der Waals surface area contributed by atoms with Gasteiger partial charge in [-0.3, -0.25) is 14.6 Å². The number of pyridine rings is 1. The quantitative estimate of drug-likeness (QED) is 0.800. The van der Waals surface area contributed by atoms with Gasteiger partial charge < -0.3 is 9.80 Å². The normalized spacial score (nSPS) is 18.3. The Morgan fingerprint density at radius 2 is 1.62 bits per heavy atom. The summed E-state index contributed by atoms with van der Waals surface area (Å²) in [4.78, 5) is 34.3. The van der Waals surface area contributed by atoms with Crippen molar-refractivity contribution in [2.24, 2.45) is 5.92 Å². The first-order valence-corrected chi connectivity index (χ1v) is 11.0. The average Bonchev–Trinajstić information content (AvgIpc) is 2.76. The highest BCUT2D eigenvalue weighted by molar-refractivity contribution is 5.86. The molecule has 5 nitrogen and oxygen atoms in total. The van der Waals surface area contributed by atoms with E-state index in [2.05, 4.69) is 13.0 Å². The van der Waals surface area contributed by atoms with Gasteiger partial charge in [0.05, 0.1) is 11.9 Å². The van der Waals surface area contributed by atoms with E-state index < -0.39 is 0 Å². The van der Waals surface area contributed by atoms with E-state index in [9.17, 15) is 9.59 Å². The first kappa shape index (κ1) is 19.9. The number of aryl methyl sites for hydroxylation is 2. The predicted molar refractivity (Wildman–Crippen MR) is 115 cm³/mol. The molecule has 1 aliphatic carbocycles. The second-order valence-corrected chi connectivity index (χ2v) is 8.54. The van der Waals surface area contributed by atoms with Crippen LogP contribution in [0.25, 0.3) is 10.9 Å². The maximum Gasteiger partial charge on any atom is 0.227 e. The molecule has 2 heterocycles. The third-order valence-electron chi connectivity index (χ3n) is 6.71. The van der Waals surface area contributed by atoms with Gasteiger partial charge in [0.2, 0.25) is 11.8 Å². The highest BCUT2D eigenvalue weighted by Gasteiger charge is 2.30. The Bertz CT molecular complexity index is 910. The Balaban J connectivity index is 1.39. The largest absolute Gasteiger partial charge is 0.339 e. The maximum absolute atomic E-state index is 13.0. The molecule has 1 aliphatic heterocycles. The van der Waals surface area contributed by atoms with Crippen molar-refractivity contribution in [1.29, 1.82) is 0 Å². The summed E-state index contributed by atoms with van der Waals surface area (Å²) in [6, 6.07) is 8.10. The molecule has 2 aromatic rings. The summed E-state index contributed by atoms with van der Waals surface area (Å²) in [5.41, 5.74) is 4.09. The number of carbonyl (C=O) groups excluding carboxylic acids is 2. The van der Waals surface area contributed by atoms with Crippen LogP contribution in [0, 0.1) is 19.8 Å². The van der Waals surface area contributed by atoms with E-state index in [1.54, 1.807) is 0 Å². The summed E-state index contributed by atoms with van der Waals surface area (Å²) in [6.07, 6.45) is 6.05. The molecule has 4 rings (SSSR count). The SMILES string of the molecule is Cc1nc2ccccc2c(C)c1CC(=O)N1CCN(C(=O)C2CCCCC2)CC1. The molecule has 0 radical (unpaired) electrons. The molecular weight excluding hydrogens is 362 g/mol. The van der Waals surface area contributed by atoms with Crippen molar-refractivity contribution in [3.05, 3.63) is 41.1 Å². The Morgan fingerprint density at radius 3 is 2.34 bits per heavy atom. The van der Waals surface area contributed by atoms with Crippen molar-refractivity contribution < 1.29 is 9.59 Å². The molecule has 29 heavy (non-hydrogen) atoms. The molecule has 0 bridgehead atoms. The zero-order valence-corrected chi connectivity index (χ0v) is 17.6. The number of hydrogen-bond donors (Lipinski definition) is 0. The number of benzene rings is 1. The fraction of sp³-hybridized carbons (Fsp3) is 0.542. The van der Waals surface area contributed by atoms with E-state index in [0.29, 0.717) is 38.5 Å². The highest BCUT2D eigenvalue weighted by Crippen LogP contribution is 2.26. The molecule has 0 N–H and O–H groups in total. The number of piperazine rings is 1. The lowest BCUT2D eigenvalue weighted by molar-refractivity contribution is -0.142. The van der Waals surface area contributed by atoms with Crippen molar-refractivity contribution in [1.82, 2.24) is 14.8 Å². The van der Waals surface area contributed by atoms with Gasteiger partial charge in [-0.05, 0) is 43.9 Å². The van der Waals surface area contributed by atoms with Crippen molar-refractivity contribution in [2.75, 3.05) is 26.2 Å². The van der Waals surface area contributed by atoms with Crippen molar-refractivity contribution in [3.8, 4) is 0 Å². The molecule has 1 saturated heterocycles. The number of amides is 2. The third-order valence-corrected chi connectivity index (χ3v) is 6.71. The molecule has 1 saturated carbocycles. The van der Waals surface area contributed by atoms with Gasteiger partial charge in [0.15, 0.2) is 0 Å². The number of nitrogens with zero attached hydrogens (tertiary/aromatic N) is 3. The van der Waals surface area contributed by atoms with Crippen LogP contribution in [0.2, 0.25) is 0 Å². The first-order valence-electron chi connectivity index (χ1n) is 11.0. The lowest BCUT2D eigenvalue weighted by Crippen LogP contribution is -2.52. The summed E-state index contributed by atoms with van der Waals surface area (Å²) < 4.78 is 0. The zero-order valence-electron chi connectivity index (χ0n) is 17.6. The molecule has 5 heteroatoms. The Morgan fingerprint density at radius 1 is 0.966 bits per heavy atom. The Hall–Kier alpha value is -2.43. The van der Waals surface area contributed by atoms with E-state index in [1.807, 2.05) is 34.9 Å². The molecule has 154 valence electrons. The summed E-state index contributed by atoms with van der Waals surface area (Å²) in [5.74, 6) is 0.653. The van der Waals surface area contributed by atoms with Crippen molar-refractivity contribution in [3.63, 3.8) is 0 Å². The van der Waals surface area contributed by atoms with E-state index in [1.165, 1.54) is 19.3 Å². The zero-order chi connectivity index (χ0) is 20.4. The maximum atomic E-state index is 13.0. The number of para-hydroxylation sites is 1. The summed E-state index contributed by atoms with van der Waals surface area (Å²) in [6.45, 7) is 6.67. The van der Waals surface area contributed by atoms with E-state index in [0.717, 1.165) is 40.6 Å². The molecular formula is C24H31N3O2. The molecule has 0 atom stereocenters. The molecule has 0 unspecified atom stereocenters.